The maximum atomic E-state index is 5.76. The van der Waals surface area contributed by atoms with Crippen LogP contribution in [0.4, 0.5) is 5.69 Å². The number of piperidine rings is 1. The molecule has 4 rings (SSSR count). The fraction of sp³-hybridized carbons (Fsp3) is 0.591. The van der Waals surface area contributed by atoms with Gasteiger partial charge in [-0.15, -0.1) is 34.2 Å². The van der Waals surface area contributed by atoms with Crippen molar-refractivity contribution in [2.24, 2.45) is 12.0 Å². The van der Waals surface area contributed by atoms with E-state index >= 15 is 0 Å². The lowest BCUT2D eigenvalue weighted by molar-refractivity contribution is 0.113. The van der Waals surface area contributed by atoms with Gasteiger partial charge >= 0.3 is 0 Å². The van der Waals surface area contributed by atoms with Crippen LogP contribution in [0.25, 0.3) is 0 Å². The number of hydrogen-bond acceptors (Lipinski definition) is 5. The summed E-state index contributed by atoms with van der Waals surface area (Å²) in [7, 11) is 1.98. The summed E-state index contributed by atoms with van der Waals surface area (Å²) in [5.74, 6) is 2.60. The number of guanidine groups is 1. The third kappa shape index (κ3) is 6.55. The number of rotatable bonds is 6. The average Bonchev–Trinajstić information content (AvgIpc) is 3.42. The Morgan fingerprint density at radius 3 is 2.58 bits per heavy atom. The molecule has 0 spiro atoms. The first-order valence-corrected chi connectivity index (χ1v) is 11.0. The highest BCUT2D eigenvalue weighted by Gasteiger charge is 2.21. The van der Waals surface area contributed by atoms with Crippen molar-refractivity contribution < 1.29 is 4.74 Å². The van der Waals surface area contributed by atoms with Gasteiger partial charge < -0.3 is 24.8 Å². The normalized spacial score (nSPS) is 19.9. The number of ether oxygens (including phenoxy) is 1. The lowest BCUT2D eigenvalue weighted by Crippen LogP contribution is -2.50. The quantitative estimate of drug-likeness (QED) is 0.334. The number of nitrogens with zero attached hydrogens (tertiary/aromatic N) is 5. The number of nitrogens with one attached hydrogen (secondary N) is 2. The second-order valence-corrected chi connectivity index (χ2v) is 8.14. The van der Waals surface area contributed by atoms with Crippen molar-refractivity contribution >= 4 is 35.6 Å². The Morgan fingerprint density at radius 2 is 1.94 bits per heavy atom. The Kier molecular flexibility index (Phi) is 8.94. The summed E-state index contributed by atoms with van der Waals surface area (Å²) in [6.45, 7) is 6.19. The number of hydrogen-bond donors (Lipinski definition) is 2. The molecule has 2 aliphatic rings. The highest BCUT2D eigenvalue weighted by molar-refractivity contribution is 14.0. The predicted molar refractivity (Wildman–Crippen MR) is 134 cm³/mol. The Bertz CT molecular complexity index is 828. The van der Waals surface area contributed by atoms with Crippen molar-refractivity contribution in [1.29, 1.82) is 0 Å². The number of aryl methyl sites for hydroxylation is 1. The highest BCUT2D eigenvalue weighted by atomic mass is 127. The van der Waals surface area contributed by atoms with Gasteiger partial charge in [-0.05, 0) is 44.7 Å². The van der Waals surface area contributed by atoms with E-state index in [-0.39, 0.29) is 30.1 Å². The molecule has 1 unspecified atom stereocenters. The molecule has 8 nitrogen and oxygen atoms in total. The molecule has 2 N–H and O–H groups in total. The van der Waals surface area contributed by atoms with Crippen LogP contribution in [0.15, 0.2) is 35.3 Å². The van der Waals surface area contributed by atoms with Crippen molar-refractivity contribution in [1.82, 2.24) is 25.4 Å². The van der Waals surface area contributed by atoms with Gasteiger partial charge in [0.25, 0.3) is 0 Å². The Hall–Kier alpha value is -1.88. The summed E-state index contributed by atoms with van der Waals surface area (Å²) in [4.78, 5) is 7.26. The minimum absolute atomic E-state index is 0. The average molecular weight is 539 g/mol. The van der Waals surface area contributed by atoms with Gasteiger partial charge in [-0.3, -0.25) is 0 Å². The van der Waals surface area contributed by atoms with Crippen LogP contribution in [0.5, 0.6) is 0 Å². The molecule has 0 aliphatic carbocycles. The SMILES string of the molecule is Cc1nnc(CN=C(NCC2CCCO2)NC2CCN(c3ccccc3)CC2)n1C.I. The van der Waals surface area contributed by atoms with Crippen molar-refractivity contribution in [3.63, 3.8) is 0 Å². The Labute approximate surface area is 201 Å². The molecule has 170 valence electrons. The van der Waals surface area contributed by atoms with Crippen LogP contribution in [-0.4, -0.2) is 59.1 Å². The van der Waals surface area contributed by atoms with Crippen LogP contribution >= 0.6 is 24.0 Å². The first-order valence-electron chi connectivity index (χ1n) is 11.0. The molecule has 2 aromatic rings. The number of halogens is 1. The van der Waals surface area contributed by atoms with E-state index in [0.717, 1.165) is 69.5 Å². The molecule has 0 bridgehead atoms. The van der Waals surface area contributed by atoms with Gasteiger partial charge in [-0.2, -0.15) is 0 Å². The number of benzene rings is 1. The minimum Gasteiger partial charge on any atom is -0.376 e. The van der Waals surface area contributed by atoms with E-state index in [2.05, 4.69) is 56.1 Å². The van der Waals surface area contributed by atoms with Gasteiger partial charge in [-0.1, -0.05) is 18.2 Å². The molecule has 0 amide bonds. The zero-order chi connectivity index (χ0) is 20.8. The van der Waals surface area contributed by atoms with Gasteiger partial charge in [0, 0.05) is 45.0 Å². The number of aliphatic imine (C=N–C) groups is 1. The van der Waals surface area contributed by atoms with Crippen molar-refractivity contribution in [3.8, 4) is 0 Å². The summed E-state index contributed by atoms with van der Waals surface area (Å²) in [6, 6.07) is 11.1. The lowest BCUT2D eigenvalue weighted by Gasteiger charge is -2.34. The van der Waals surface area contributed by atoms with Crippen molar-refractivity contribution in [3.05, 3.63) is 42.0 Å². The molecular weight excluding hydrogens is 505 g/mol. The predicted octanol–water partition coefficient (Wildman–Crippen LogP) is 2.62. The molecule has 1 atom stereocenters. The summed E-state index contributed by atoms with van der Waals surface area (Å²) in [5, 5.41) is 15.5. The first kappa shape index (κ1) is 23.8. The maximum absolute atomic E-state index is 5.76. The van der Waals surface area contributed by atoms with Gasteiger partial charge in [-0.25, -0.2) is 4.99 Å². The van der Waals surface area contributed by atoms with Crippen molar-refractivity contribution in [2.45, 2.75) is 51.3 Å². The van der Waals surface area contributed by atoms with E-state index in [1.807, 2.05) is 18.5 Å². The fourth-order valence-electron chi connectivity index (χ4n) is 4.02. The third-order valence-corrected chi connectivity index (χ3v) is 6.04. The molecule has 2 fully saturated rings. The number of para-hydroxylation sites is 1. The van der Waals surface area contributed by atoms with Crippen LogP contribution in [0.3, 0.4) is 0 Å². The summed E-state index contributed by atoms with van der Waals surface area (Å²) >= 11 is 0. The zero-order valence-corrected chi connectivity index (χ0v) is 20.8. The summed E-state index contributed by atoms with van der Waals surface area (Å²) in [5.41, 5.74) is 1.30. The van der Waals surface area contributed by atoms with Gasteiger partial charge in [0.2, 0.25) is 0 Å². The van der Waals surface area contributed by atoms with Crippen molar-refractivity contribution in [2.75, 3.05) is 31.1 Å². The van der Waals surface area contributed by atoms with Crippen LogP contribution in [0.1, 0.15) is 37.3 Å². The third-order valence-electron chi connectivity index (χ3n) is 6.04. The van der Waals surface area contributed by atoms with Gasteiger partial charge in [0.15, 0.2) is 11.8 Å². The lowest BCUT2D eigenvalue weighted by atomic mass is 10.0. The fourth-order valence-corrected chi connectivity index (χ4v) is 4.02. The Balaban J connectivity index is 0.00000272. The molecule has 0 radical (unpaired) electrons. The van der Waals surface area contributed by atoms with E-state index in [4.69, 9.17) is 9.73 Å². The molecule has 1 aromatic heterocycles. The van der Waals surface area contributed by atoms with E-state index in [9.17, 15) is 0 Å². The minimum atomic E-state index is 0. The van der Waals surface area contributed by atoms with E-state index in [1.165, 1.54) is 5.69 Å². The monoisotopic (exact) mass is 539 g/mol. The molecule has 2 saturated heterocycles. The van der Waals surface area contributed by atoms with Gasteiger partial charge in [0.1, 0.15) is 12.4 Å². The largest absolute Gasteiger partial charge is 0.376 e. The Morgan fingerprint density at radius 1 is 1.16 bits per heavy atom. The molecule has 9 heteroatoms. The van der Waals surface area contributed by atoms with Crippen LogP contribution in [-0.2, 0) is 18.3 Å². The summed E-state index contributed by atoms with van der Waals surface area (Å²) in [6.07, 6.45) is 4.69. The molecular formula is C22H34IN7O. The summed E-state index contributed by atoms with van der Waals surface area (Å²) < 4.78 is 7.75. The van der Waals surface area contributed by atoms with E-state index < -0.39 is 0 Å². The van der Waals surface area contributed by atoms with Crippen LogP contribution in [0, 0.1) is 6.92 Å². The number of aromatic nitrogens is 3. The smallest absolute Gasteiger partial charge is 0.192 e. The second kappa shape index (κ2) is 11.7. The topological polar surface area (TPSA) is 79.6 Å². The molecule has 3 heterocycles. The van der Waals surface area contributed by atoms with Gasteiger partial charge in [0.05, 0.1) is 6.10 Å². The zero-order valence-electron chi connectivity index (χ0n) is 18.5. The van der Waals surface area contributed by atoms with Crippen LogP contribution < -0.4 is 15.5 Å². The first-order chi connectivity index (χ1) is 14.7. The van der Waals surface area contributed by atoms with Crippen LogP contribution in [0.2, 0.25) is 0 Å². The number of anilines is 1. The van der Waals surface area contributed by atoms with E-state index in [0.29, 0.717) is 12.6 Å². The maximum Gasteiger partial charge on any atom is 0.192 e. The highest BCUT2D eigenvalue weighted by Crippen LogP contribution is 2.19. The molecule has 1 aromatic carbocycles. The second-order valence-electron chi connectivity index (χ2n) is 8.14. The van der Waals surface area contributed by atoms with E-state index in [1.54, 1.807) is 0 Å². The molecule has 2 aliphatic heterocycles. The molecule has 31 heavy (non-hydrogen) atoms. The molecule has 0 saturated carbocycles. The standard InChI is InChI=1S/C22H33N7O.HI/c1-17-26-27-21(28(17)2)16-24-22(23-15-20-9-6-14-30-20)25-18-10-12-29(13-11-18)19-7-4-3-5-8-19;/h3-5,7-8,18,20H,6,9-16H2,1-2H3,(H2,23,24,25);1H.